The summed E-state index contributed by atoms with van der Waals surface area (Å²) in [6.45, 7) is 0.496. The minimum atomic E-state index is -0.360. The molecular weight excluding hydrogens is 275 g/mol. The summed E-state index contributed by atoms with van der Waals surface area (Å²) >= 11 is 5.48. The van der Waals surface area contributed by atoms with E-state index in [1.165, 1.54) is 17.7 Å². The fourth-order valence-electron chi connectivity index (χ4n) is 1.79. The van der Waals surface area contributed by atoms with Gasteiger partial charge in [0.15, 0.2) is 0 Å². The molecule has 0 fully saturated rings. The summed E-state index contributed by atoms with van der Waals surface area (Å²) in [6, 6.07) is 14.4. The molecule has 0 aliphatic heterocycles. The van der Waals surface area contributed by atoms with Crippen molar-refractivity contribution >= 4 is 11.6 Å². The lowest BCUT2D eigenvalue weighted by Crippen LogP contribution is -2.01. The first-order valence-corrected chi connectivity index (χ1v) is 6.83. The van der Waals surface area contributed by atoms with Crippen molar-refractivity contribution in [3.63, 3.8) is 0 Å². The van der Waals surface area contributed by atoms with Crippen molar-refractivity contribution in [2.24, 2.45) is 0 Å². The predicted molar refractivity (Wildman–Crippen MR) is 79.6 cm³/mol. The van der Waals surface area contributed by atoms with Crippen molar-refractivity contribution < 1.29 is 9.13 Å². The Hall–Kier alpha value is -1.98. The summed E-state index contributed by atoms with van der Waals surface area (Å²) < 4.78 is 19.0. The zero-order valence-electron chi connectivity index (χ0n) is 10.9. The zero-order valence-corrected chi connectivity index (χ0v) is 11.7. The van der Waals surface area contributed by atoms with Gasteiger partial charge in [-0.15, -0.1) is 11.6 Å². The third-order valence-corrected chi connectivity index (χ3v) is 2.81. The Morgan fingerprint density at radius 2 is 1.90 bits per heavy atom. The summed E-state index contributed by atoms with van der Waals surface area (Å²) in [5, 5.41) is 0. The molecule has 0 atom stereocenters. The lowest BCUT2D eigenvalue weighted by Gasteiger charge is -2.07. The van der Waals surface area contributed by atoms with Gasteiger partial charge >= 0.3 is 0 Å². The number of alkyl halides is 1. The molecule has 3 heteroatoms. The number of benzene rings is 2. The third-order valence-electron chi connectivity index (χ3n) is 2.67. The molecule has 0 saturated heterocycles. The van der Waals surface area contributed by atoms with Gasteiger partial charge in [-0.25, -0.2) is 4.39 Å². The second-order valence-corrected chi connectivity index (χ2v) is 4.46. The van der Waals surface area contributed by atoms with Gasteiger partial charge in [0.2, 0.25) is 0 Å². The molecule has 0 spiro atoms. The molecule has 0 radical (unpaired) electrons. The summed E-state index contributed by atoms with van der Waals surface area (Å²) in [5.41, 5.74) is 1.76. The lowest BCUT2D eigenvalue weighted by molar-refractivity contribution is 0.320. The topological polar surface area (TPSA) is 9.23 Å². The van der Waals surface area contributed by atoms with Crippen molar-refractivity contribution in [1.82, 2.24) is 0 Å². The van der Waals surface area contributed by atoms with Crippen LogP contribution >= 0.6 is 11.6 Å². The fourth-order valence-corrected chi connectivity index (χ4v) is 1.85. The van der Waals surface area contributed by atoms with E-state index in [-0.39, 0.29) is 11.7 Å². The Morgan fingerprint density at radius 1 is 1.10 bits per heavy atom. The maximum Gasteiger partial charge on any atom is 0.128 e. The Kier molecular flexibility index (Phi) is 5.46. The smallest absolute Gasteiger partial charge is 0.128 e. The highest BCUT2D eigenvalue weighted by Gasteiger charge is 2.01. The summed E-state index contributed by atoms with van der Waals surface area (Å²) in [7, 11) is 0. The second kappa shape index (κ2) is 7.57. The average Bonchev–Trinajstić information content (AvgIpc) is 2.46. The molecule has 0 unspecified atom stereocenters. The molecule has 0 bridgehead atoms. The number of hydrogen-bond donors (Lipinski definition) is 0. The van der Waals surface area contributed by atoms with Crippen LogP contribution in [0, 0.1) is 17.7 Å². The number of rotatable bonds is 4. The SMILES string of the molecule is Fc1cc(C#CCCl)cc(OCCc2ccccc2)c1. The summed E-state index contributed by atoms with van der Waals surface area (Å²) in [5.74, 6) is 5.82. The van der Waals surface area contributed by atoms with E-state index in [9.17, 15) is 4.39 Å². The van der Waals surface area contributed by atoms with Gasteiger partial charge in [0, 0.05) is 18.1 Å². The highest BCUT2D eigenvalue weighted by atomic mass is 35.5. The standard InChI is InChI=1S/C17H14ClFO/c18-9-4-7-15-11-16(19)13-17(12-15)20-10-8-14-5-2-1-3-6-14/h1-3,5-6,11-13H,8-10H2. The Balaban J connectivity index is 1.97. The van der Waals surface area contributed by atoms with Crippen LogP contribution in [0.4, 0.5) is 4.39 Å². The Morgan fingerprint density at radius 3 is 2.65 bits per heavy atom. The van der Waals surface area contributed by atoms with Crippen LogP contribution in [0.5, 0.6) is 5.75 Å². The minimum absolute atomic E-state index is 0.223. The van der Waals surface area contributed by atoms with Crippen molar-refractivity contribution in [2.75, 3.05) is 12.5 Å². The number of hydrogen-bond acceptors (Lipinski definition) is 1. The van der Waals surface area contributed by atoms with Crippen molar-refractivity contribution in [3.05, 3.63) is 65.5 Å². The maximum absolute atomic E-state index is 13.4. The van der Waals surface area contributed by atoms with Crippen LogP contribution in [0.1, 0.15) is 11.1 Å². The van der Waals surface area contributed by atoms with Crippen LogP contribution < -0.4 is 4.74 Å². The van der Waals surface area contributed by atoms with Gasteiger partial charge in [0.1, 0.15) is 11.6 Å². The molecule has 0 heterocycles. The number of halogens is 2. The van der Waals surface area contributed by atoms with Crippen LogP contribution in [-0.2, 0) is 6.42 Å². The first-order chi connectivity index (χ1) is 9.78. The monoisotopic (exact) mass is 288 g/mol. The van der Waals surface area contributed by atoms with E-state index >= 15 is 0 Å². The van der Waals surface area contributed by atoms with Gasteiger partial charge in [-0.05, 0) is 17.7 Å². The van der Waals surface area contributed by atoms with E-state index in [1.807, 2.05) is 30.3 Å². The van der Waals surface area contributed by atoms with Gasteiger partial charge in [0.25, 0.3) is 0 Å². The molecular formula is C17H14ClFO. The second-order valence-electron chi connectivity index (χ2n) is 4.20. The largest absolute Gasteiger partial charge is 0.493 e. The fraction of sp³-hybridized carbons (Fsp3) is 0.176. The molecule has 0 N–H and O–H groups in total. The molecule has 0 aromatic heterocycles. The van der Waals surface area contributed by atoms with Crippen LogP contribution in [0.2, 0.25) is 0 Å². The van der Waals surface area contributed by atoms with Gasteiger partial charge < -0.3 is 4.74 Å². The van der Waals surface area contributed by atoms with Crippen molar-refractivity contribution in [3.8, 4) is 17.6 Å². The molecule has 102 valence electrons. The first-order valence-electron chi connectivity index (χ1n) is 6.30. The molecule has 0 saturated carbocycles. The molecule has 0 aliphatic carbocycles. The summed E-state index contributed by atoms with van der Waals surface area (Å²) in [4.78, 5) is 0. The van der Waals surface area contributed by atoms with Crippen LogP contribution in [0.3, 0.4) is 0 Å². The number of ether oxygens (including phenoxy) is 1. The quantitative estimate of drug-likeness (QED) is 0.609. The predicted octanol–water partition coefficient (Wildman–Crippen LogP) is 4.04. The Bertz CT molecular complexity index is 614. The first kappa shape index (κ1) is 14.4. The molecule has 2 aromatic rings. The maximum atomic E-state index is 13.4. The van der Waals surface area contributed by atoms with E-state index in [4.69, 9.17) is 16.3 Å². The highest BCUT2D eigenvalue weighted by Crippen LogP contribution is 2.16. The molecule has 1 nitrogen and oxygen atoms in total. The average molecular weight is 289 g/mol. The van der Waals surface area contributed by atoms with Gasteiger partial charge in [-0.2, -0.15) is 0 Å². The Labute approximate surface area is 123 Å². The van der Waals surface area contributed by atoms with E-state index in [2.05, 4.69) is 11.8 Å². The molecule has 0 aliphatic rings. The normalized spacial score (nSPS) is 9.70. The van der Waals surface area contributed by atoms with E-state index in [1.54, 1.807) is 6.07 Å². The third kappa shape index (κ3) is 4.60. The molecule has 0 amide bonds. The molecule has 2 rings (SSSR count). The molecule has 20 heavy (non-hydrogen) atoms. The van der Waals surface area contributed by atoms with Crippen LogP contribution in [-0.4, -0.2) is 12.5 Å². The zero-order chi connectivity index (χ0) is 14.2. The van der Waals surface area contributed by atoms with Gasteiger partial charge in [0.05, 0.1) is 12.5 Å². The van der Waals surface area contributed by atoms with Crippen LogP contribution in [0.15, 0.2) is 48.5 Å². The van der Waals surface area contributed by atoms with Gasteiger partial charge in [-0.1, -0.05) is 42.2 Å². The van der Waals surface area contributed by atoms with Crippen molar-refractivity contribution in [2.45, 2.75) is 6.42 Å². The summed E-state index contributed by atoms with van der Waals surface area (Å²) in [6.07, 6.45) is 0.778. The van der Waals surface area contributed by atoms with Gasteiger partial charge in [-0.3, -0.25) is 0 Å². The van der Waals surface area contributed by atoms with E-state index in [0.29, 0.717) is 17.9 Å². The van der Waals surface area contributed by atoms with Crippen molar-refractivity contribution in [1.29, 1.82) is 0 Å². The van der Waals surface area contributed by atoms with E-state index in [0.717, 1.165) is 6.42 Å². The lowest BCUT2D eigenvalue weighted by atomic mass is 10.2. The van der Waals surface area contributed by atoms with Crippen LogP contribution in [0.25, 0.3) is 0 Å². The molecule has 2 aromatic carbocycles. The minimum Gasteiger partial charge on any atom is -0.493 e. The van der Waals surface area contributed by atoms with E-state index < -0.39 is 0 Å². The highest BCUT2D eigenvalue weighted by molar-refractivity contribution is 6.19.